The molecule has 3 nitrogen and oxygen atoms in total. The van der Waals surface area contributed by atoms with Gasteiger partial charge in [-0.2, -0.15) is 0 Å². The van der Waals surface area contributed by atoms with E-state index in [1.807, 2.05) is 0 Å². The third-order valence-corrected chi connectivity index (χ3v) is 2.56. The largest absolute Gasteiger partial charge is 0.573 e. The van der Waals surface area contributed by atoms with Crippen LogP contribution in [0, 0.1) is 0 Å². The van der Waals surface area contributed by atoms with E-state index in [0.29, 0.717) is 17.4 Å². The molecule has 0 aliphatic carbocycles. The summed E-state index contributed by atoms with van der Waals surface area (Å²) >= 11 is 0. The van der Waals surface area contributed by atoms with Crippen molar-refractivity contribution >= 4 is 6.29 Å². The summed E-state index contributed by atoms with van der Waals surface area (Å²) in [6, 6.07) is 9.56. The van der Waals surface area contributed by atoms with E-state index in [0.717, 1.165) is 0 Å². The quantitative estimate of drug-likeness (QED) is 0.872. The fraction of sp³-hybridized carbons (Fsp3) is 0.0714. The molecular weight excluding hydrogens is 273 g/mol. The van der Waals surface area contributed by atoms with E-state index >= 15 is 0 Å². The molecule has 104 valence electrons. The summed E-state index contributed by atoms with van der Waals surface area (Å²) in [6.45, 7) is 0. The Morgan fingerprint density at radius 2 is 1.75 bits per heavy atom. The van der Waals surface area contributed by atoms with Gasteiger partial charge < -0.3 is 9.84 Å². The Morgan fingerprint density at radius 3 is 2.35 bits per heavy atom. The summed E-state index contributed by atoms with van der Waals surface area (Å²) < 4.78 is 40.2. The number of alkyl halides is 3. The van der Waals surface area contributed by atoms with E-state index in [1.165, 1.54) is 36.4 Å². The molecule has 0 bridgehead atoms. The van der Waals surface area contributed by atoms with E-state index < -0.39 is 6.36 Å². The van der Waals surface area contributed by atoms with Crippen LogP contribution in [0.5, 0.6) is 11.5 Å². The van der Waals surface area contributed by atoms with Crippen LogP contribution in [0.2, 0.25) is 0 Å². The maximum atomic E-state index is 12.1. The Kier molecular flexibility index (Phi) is 3.65. The second kappa shape index (κ2) is 5.24. The molecule has 0 atom stereocenters. The van der Waals surface area contributed by atoms with Gasteiger partial charge in [0.2, 0.25) is 0 Å². The first-order valence-corrected chi connectivity index (χ1v) is 5.53. The standard InChI is InChI=1S/C14H9F3O3/c15-14(16,17)20-12-3-1-2-9(6-12)10-4-5-11(8-18)13(19)7-10/h1-8,19H. The molecule has 0 saturated carbocycles. The molecule has 0 radical (unpaired) electrons. The van der Waals surface area contributed by atoms with Crippen LogP contribution in [0.25, 0.3) is 11.1 Å². The van der Waals surface area contributed by atoms with Crippen LogP contribution < -0.4 is 4.74 Å². The van der Waals surface area contributed by atoms with Crippen molar-refractivity contribution in [2.45, 2.75) is 6.36 Å². The number of hydrogen-bond donors (Lipinski definition) is 1. The highest BCUT2D eigenvalue weighted by molar-refractivity contribution is 5.81. The number of carbonyl (C=O) groups is 1. The fourth-order valence-corrected chi connectivity index (χ4v) is 1.70. The zero-order valence-corrected chi connectivity index (χ0v) is 10.0. The SMILES string of the molecule is O=Cc1ccc(-c2cccc(OC(F)(F)F)c2)cc1O. The second-order valence-corrected chi connectivity index (χ2v) is 3.97. The molecule has 0 amide bonds. The first-order valence-electron chi connectivity index (χ1n) is 5.53. The van der Waals surface area contributed by atoms with Crippen molar-refractivity contribution in [2.24, 2.45) is 0 Å². The van der Waals surface area contributed by atoms with Gasteiger partial charge in [0.05, 0.1) is 5.56 Å². The summed E-state index contributed by atoms with van der Waals surface area (Å²) in [5.41, 5.74) is 1.01. The number of halogens is 3. The Hall–Kier alpha value is -2.50. The Labute approximate surface area is 112 Å². The first kappa shape index (κ1) is 13.9. The van der Waals surface area contributed by atoms with E-state index in [4.69, 9.17) is 0 Å². The monoisotopic (exact) mass is 282 g/mol. The smallest absolute Gasteiger partial charge is 0.507 e. The molecule has 0 unspecified atom stereocenters. The van der Waals surface area contributed by atoms with Crippen LogP contribution >= 0.6 is 0 Å². The average molecular weight is 282 g/mol. The normalized spacial score (nSPS) is 11.2. The second-order valence-electron chi connectivity index (χ2n) is 3.97. The first-order chi connectivity index (χ1) is 9.39. The molecule has 2 rings (SSSR count). The molecule has 2 aromatic rings. The molecule has 20 heavy (non-hydrogen) atoms. The van der Waals surface area contributed by atoms with Gasteiger partial charge in [-0.25, -0.2) is 0 Å². The number of aromatic hydroxyl groups is 1. The zero-order chi connectivity index (χ0) is 14.8. The van der Waals surface area contributed by atoms with Gasteiger partial charge in [-0.15, -0.1) is 13.2 Å². The lowest BCUT2D eigenvalue weighted by molar-refractivity contribution is -0.274. The van der Waals surface area contributed by atoms with Crippen molar-refractivity contribution in [1.29, 1.82) is 0 Å². The van der Waals surface area contributed by atoms with Gasteiger partial charge in [0.1, 0.15) is 11.5 Å². The van der Waals surface area contributed by atoms with Crippen LogP contribution in [0.3, 0.4) is 0 Å². The maximum Gasteiger partial charge on any atom is 0.573 e. The number of aldehydes is 1. The number of carbonyl (C=O) groups excluding carboxylic acids is 1. The number of hydrogen-bond acceptors (Lipinski definition) is 3. The Bertz CT molecular complexity index is 636. The van der Waals surface area contributed by atoms with Gasteiger partial charge in [0.15, 0.2) is 6.29 Å². The van der Waals surface area contributed by atoms with E-state index in [-0.39, 0.29) is 17.1 Å². The molecule has 0 aliphatic heterocycles. The summed E-state index contributed by atoms with van der Waals surface area (Å²) in [7, 11) is 0. The topological polar surface area (TPSA) is 46.5 Å². The molecule has 2 aromatic carbocycles. The van der Waals surface area contributed by atoms with Gasteiger partial charge in [0, 0.05) is 0 Å². The van der Waals surface area contributed by atoms with Crippen LogP contribution in [0.15, 0.2) is 42.5 Å². The van der Waals surface area contributed by atoms with E-state index in [9.17, 15) is 23.1 Å². The summed E-state index contributed by atoms with van der Waals surface area (Å²) in [6.07, 6.45) is -4.27. The fourth-order valence-electron chi connectivity index (χ4n) is 1.70. The van der Waals surface area contributed by atoms with Crippen LogP contribution in [-0.4, -0.2) is 17.8 Å². The summed E-state index contributed by atoms with van der Waals surface area (Å²) in [4.78, 5) is 10.6. The average Bonchev–Trinajstić information content (AvgIpc) is 2.37. The highest BCUT2D eigenvalue weighted by Gasteiger charge is 2.31. The van der Waals surface area contributed by atoms with Crippen molar-refractivity contribution in [3.63, 3.8) is 0 Å². The minimum atomic E-state index is -4.76. The van der Waals surface area contributed by atoms with E-state index in [1.54, 1.807) is 6.07 Å². The van der Waals surface area contributed by atoms with Gasteiger partial charge in [0.25, 0.3) is 0 Å². The molecule has 0 heterocycles. The third kappa shape index (κ3) is 3.28. The lowest BCUT2D eigenvalue weighted by Crippen LogP contribution is -2.17. The molecule has 1 N–H and O–H groups in total. The molecule has 0 aromatic heterocycles. The molecule has 0 saturated heterocycles. The summed E-state index contributed by atoms with van der Waals surface area (Å²) in [5.74, 6) is -0.589. The van der Waals surface area contributed by atoms with Gasteiger partial charge >= 0.3 is 6.36 Å². The van der Waals surface area contributed by atoms with Gasteiger partial charge in [-0.05, 0) is 35.4 Å². The van der Waals surface area contributed by atoms with Crippen molar-refractivity contribution in [2.75, 3.05) is 0 Å². The zero-order valence-electron chi connectivity index (χ0n) is 10.0. The summed E-state index contributed by atoms with van der Waals surface area (Å²) in [5, 5.41) is 9.57. The number of ether oxygens (including phenoxy) is 1. The van der Waals surface area contributed by atoms with E-state index in [2.05, 4.69) is 4.74 Å². The van der Waals surface area contributed by atoms with Crippen LogP contribution in [0.4, 0.5) is 13.2 Å². The number of phenolic OH excluding ortho intramolecular Hbond substituents is 1. The van der Waals surface area contributed by atoms with Crippen molar-refractivity contribution in [3.05, 3.63) is 48.0 Å². The minimum Gasteiger partial charge on any atom is -0.507 e. The molecule has 0 spiro atoms. The Morgan fingerprint density at radius 1 is 1.05 bits per heavy atom. The third-order valence-electron chi connectivity index (χ3n) is 2.56. The van der Waals surface area contributed by atoms with Crippen molar-refractivity contribution in [3.8, 4) is 22.6 Å². The molecule has 0 fully saturated rings. The van der Waals surface area contributed by atoms with Gasteiger partial charge in [-0.3, -0.25) is 4.79 Å². The van der Waals surface area contributed by atoms with Gasteiger partial charge in [-0.1, -0.05) is 18.2 Å². The van der Waals surface area contributed by atoms with Crippen LogP contribution in [0.1, 0.15) is 10.4 Å². The lowest BCUT2D eigenvalue weighted by Gasteiger charge is -2.10. The highest BCUT2D eigenvalue weighted by atomic mass is 19.4. The number of rotatable bonds is 3. The molecular formula is C14H9F3O3. The molecule has 0 aliphatic rings. The minimum absolute atomic E-state index is 0.108. The molecule has 6 heteroatoms. The van der Waals surface area contributed by atoms with Crippen LogP contribution in [-0.2, 0) is 0 Å². The van der Waals surface area contributed by atoms with Crippen molar-refractivity contribution in [1.82, 2.24) is 0 Å². The predicted molar refractivity (Wildman–Crippen MR) is 65.6 cm³/mol. The highest BCUT2D eigenvalue weighted by Crippen LogP contribution is 2.30. The number of phenols is 1. The lowest BCUT2D eigenvalue weighted by atomic mass is 10.0. The predicted octanol–water partition coefficient (Wildman–Crippen LogP) is 3.77. The van der Waals surface area contributed by atoms with Crippen molar-refractivity contribution < 1.29 is 27.8 Å². The maximum absolute atomic E-state index is 12.1. The Balaban J connectivity index is 2.36. The number of benzene rings is 2.